The number of anilines is 3. The molecule has 32 heavy (non-hydrogen) atoms. The second kappa shape index (κ2) is 8.35. The molecule has 0 atom stereocenters. The van der Waals surface area contributed by atoms with Crippen molar-refractivity contribution >= 4 is 46.4 Å². The molecule has 0 aliphatic rings. The van der Waals surface area contributed by atoms with Crippen molar-refractivity contribution in [2.24, 2.45) is 0 Å². The summed E-state index contributed by atoms with van der Waals surface area (Å²) >= 11 is 5.96. The van der Waals surface area contributed by atoms with Crippen LogP contribution in [0.4, 0.5) is 22.0 Å². The van der Waals surface area contributed by atoms with E-state index in [0.29, 0.717) is 33.6 Å². The smallest absolute Gasteiger partial charge is 0.324 e. The number of fused-ring (bicyclic) bond motifs is 1. The Hall–Kier alpha value is -3.85. The lowest BCUT2D eigenvalue weighted by atomic mass is 9.93. The van der Waals surface area contributed by atoms with Crippen molar-refractivity contribution in [2.45, 2.75) is 26.2 Å². The molecular formula is C22H21ClN6O3. The molecule has 164 valence electrons. The molecular weight excluding hydrogens is 432 g/mol. The average Bonchev–Trinajstić information content (AvgIpc) is 3.36. The molecule has 3 heterocycles. The van der Waals surface area contributed by atoms with Crippen LogP contribution in [-0.4, -0.2) is 26.5 Å². The molecule has 0 saturated carbocycles. The Kier molecular flexibility index (Phi) is 5.58. The lowest BCUT2D eigenvalue weighted by Crippen LogP contribution is -2.19. The Bertz CT molecular complexity index is 1290. The Labute approximate surface area is 188 Å². The van der Waals surface area contributed by atoms with Crippen molar-refractivity contribution < 1.29 is 14.1 Å². The maximum atomic E-state index is 12.5. The van der Waals surface area contributed by atoms with Crippen LogP contribution in [0.3, 0.4) is 0 Å². The Morgan fingerprint density at radius 1 is 0.969 bits per heavy atom. The number of hydrogen-bond donors (Lipinski definition) is 3. The molecule has 0 fully saturated rings. The minimum atomic E-state index is -0.459. The molecule has 0 aliphatic carbocycles. The van der Waals surface area contributed by atoms with E-state index in [-0.39, 0.29) is 17.0 Å². The Balaban J connectivity index is 1.35. The lowest BCUT2D eigenvalue weighted by molar-refractivity contribution is 0.102. The number of hydrogen-bond acceptors (Lipinski definition) is 5. The SMILES string of the molecule is CC(C)(C)c1cc(NC(=O)Nc2ccc(NC(=O)c3cn4cc(Cl)ccc4n3)cc2)no1. The number of halogens is 1. The minimum Gasteiger partial charge on any atom is -0.359 e. The summed E-state index contributed by atoms with van der Waals surface area (Å²) in [6.45, 7) is 5.97. The normalized spacial score (nSPS) is 11.4. The van der Waals surface area contributed by atoms with Crippen LogP contribution in [0.1, 0.15) is 37.0 Å². The highest BCUT2D eigenvalue weighted by Gasteiger charge is 2.20. The van der Waals surface area contributed by atoms with Gasteiger partial charge in [-0.05, 0) is 36.4 Å². The van der Waals surface area contributed by atoms with E-state index in [1.54, 1.807) is 59.3 Å². The van der Waals surface area contributed by atoms with Gasteiger partial charge in [0.15, 0.2) is 5.82 Å². The van der Waals surface area contributed by atoms with E-state index in [2.05, 4.69) is 26.1 Å². The third kappa shape index (κ3) is 4.89. The van der Waals surface area contributed by atoms with Gasteiger partial charge in [-0.3, -0.25) is 10.1 Å². The van der Waals surface area contributed by atoms with Gasteiger partial charge in [-0.15, -0.1) is 0 Å². The van der Waals surface area contributed by atoms with Gasteiger partial charge in [-0.1, -0.05) is 37.5 Å². The molecule has 0 radical (unpaired) electrons. The Morgan fingerprint density at radius 2 is 1.66 bits per heavy atom. The van der Waals surface area contributed by atoms with E-state index in [4.69, 9.17) is 16.1 Å². The van der Waals surface area contributed by atoms with E-state index in [0.717, 1.165) is 0 Å². The third-order valence-electron chi connectivity index (χ3n) is 4.54. The van der Waals surface area contributed by atoms with Gasteiger partial charge in [-0.2, -0.15) is 0 Å². The van der Waals surface area contributed by atoms with Crippen LogP contribution < -0.4 is 16.0 Å². The van der Waals surface area contributed by atoms with Gasteiger partial charge in [0.05, 0.1) is 5.02 Å². The van der Waals surface area contributed by atoms with Gasteiger partial charge < -0.3 is 19.6 Å². The summed E-state index contributed by atoms with van der Waals surface area (Å²) < 4.78 is 6.93. The monoisotopic (exact) mass is 452 g/mol. The average molecular weight is 453 g/mol. The van der Waals surface area contributed by atoms with Crippen molar-refractivity contribution in [3.05, 3.63) is 71.3 Å². The molecule has 0 bridgehead atoms. The molecule has 0 unspecified atom stereocenters. The molecule has 4 rings (SSSR count). The van der Waals surface area contributed by atoms with Crippen LogP contribution in [0.2, 0.25) is 5.02 Å². The first kappa shape index (κ1) is 21.4. The van der Waals surface area contributed by atoms with Crippen LogP contribution in [0.25, 0.3) is 5.65 Å². The van der Waals surface area contributed by atoms with Crippen molar-refractivity contribution in [3.63, 3.8) is 0 Å². The highest BCUT2D eigenvalue weighted by Crippen LogP contribution is 2.24. The summed E-state index contributed by atoms with van der Waals surface area (Å²) in [4.78, 5) is 29.0. The van der Waals surface area contributed by atoms with Crippen LogP contribution >= 0.6 is 11.6 Å². The predicted octanol–water partition coefficient (Wildman–Crippen LogP) is 5.17. The zero-order chi connectivity index (χ0) is 22.9. The zero-order valence-electron chi connectivity index (χ0n) is 17.6. The number of carbonyl (C=O) groups excluding carboxylic acids is 2. The number of aromatic nitrogens is 3. The van der Waals surface area contributed by atoms with Gasteiger partial charge in [0.2, 0.25) is 0 Å². The molecule has 3 aromatic heterocycles. The van der Waals surface area contributed by atoms with E-state index in [1.807, 2.05) is 20.8 Å². The highest BCUT2D eigenvalue weighted by molar-refractivity contribution is 6.30. The van der Waals surface area contributed by atoms with E-state index in [9.17, 15) is 9.59 Å². The van der Waals surface area contributed by atoms with Crippen molar-refractivity contribution in [1.29, 1.82) is 0 Å². The molecule has 9 nitrogen and oxygen atoms in total. The molecule has 3 N–H and O–H groups in total. The molecule has 0 saturated heterocycles. The standard InChI is InChI=1S/C22H21ClN6O3/c1-22(2,3)17-10-18(28-32-17)27-21(31)25-15-7-5-14(6-8-15)24-20(30)16-12-29-11-13(23)4-9-19(29)26-16/h4-12H,1-3H3,(H,24,30)(H2,25,27,28,31). The fraction of sp³-hybridized carbons (Fsp3) is 0.182. The molecule has 0 spiro atoms. The first-order chi connectivity index (χ1) is 15.2. The van der Waals surface area contributed by atoms with Gasteiger partial charge in [0, 0.05) is 35.2 Å². The molecule has 1 aromatic carbocycles. The maximum absolute atomic E-state index is 12.5. The number of nitrogens with zero attached hydrogens (tertiary/aromatic N) is 3. The quantitative estimate of drug-likeness (QED) is 0.395. The molecule has 0 aliphatic heterocycles. The fourth-order valence-corrected chi connectivity index (χ4v) is 3.04. The number of amides is 3. The number of nitrogens with one attached hydrogen (secondary N) is 3. The van der Waals surface area contributed by atoms with E-state index < -0.39 is 6.03 Å². The van der Waals surface area contributed by atoms with Gasteiger partial charge in [0.25, 0.3) is 5.91 Å². The summed E-state index contributed by atoms with van der Waals surface area (Å²) in [5.41, 5.74) is 1.77. The maximum Gasteiger partial charge on any atom is 0.324 e. The minimum absolute atomic E-state index is 0.208. The lowest BCUT2D eigenvalue weighted by Gasteiger charge is -2.12. The van der Waals surface area contributed by atoms with Crippen molar-refractivity contribution in [1.82, 2.24) is 14.5 Å². The second-order valence-electron chi connectivity index (χ2n) is 8.18. The second-order valence-corrected chi connectivity index (χ2v) is 8.61. The predicted molar refractivity (Wildman–Crippen MR) is 122 cm³/mol. The number of urea groups is 1. The third-order valence-corrected chi connectivity index (χ3v) is 4.76. The van der Waals surface area contributed by atoms with Crippen molar-refractivity contribution in [2.75, 3.05) is 16.0 Å². The number of carbonyl (C=O) groups is 2. The molecule has 4 aromatic rings. The summed E-state index contributed by atoms with van der Waals surface area (Å²) in [6, 6.07) is 11.4. The largest absolute Gasteiger partial charge is 0.359 e. The van der Waals surface area contributed by atoms with Crippen molar-refractivity contribution in [3.8, 4) is 0 Å². The van der Waals surface area contributed by atoms with E-state index >= 15 is 0 Å². The summed E-state index contributed by atoms with van der Waals surface area (Å²) in [5.74, 6) is 0.635. The van der Waals surface area contributed by atoms with Crippen LogP contribution in [0, 0.1) is 0 Å². The number of rotatable bonds is 4. The number of benzene rings is 1. The highest BCUT2D eigenvalue weighted by atomic mass is 35.5. The molecule has 10 heteroatoms. The van der Waals surface area contributed by atoms with E-state index in [1.165, 1.54) is 0 Å². The number of pyridine rings is 1. The van der Waals surface area contributed by atoms with Gasteiger partial charge in [-0.25, -0.2) is 9.78 Å². The van der Waals surface area contributed by atoms with Gasteiger partial charge >= 0.3 is 6.03 Å². The summed E-state index contributed by atoms with van der Waals surface area (Å²) in [7, 11) is 0. The number of imidazole rings is 1. The topological polar surface area (TPSA) is 114 Å². The van der Waals surface area contributed by atoms with Gasteiger partial charge in [0.1, 0.15) is 17.1 Å². The molecule has 3 amide bonds. The zero-order valence-corrected chi connectivity index (χ0v) is 18.4. The first-order valence-electron chi connectivity index (χ1n) is 9.78. The summed E-state index contributed by atoms with van der Waals surface area (Å²) in [6.07, 6.45) is 3.28. The fourth-order valence-electron chi connectivity index (χ4n) is 2.87. The van der Waals surface area contributed by atoms with Crippen LogP contribution in [0.15, 0.2) is 59.4 Å². The Morgan fingerprint density at radius 3 is 2.31 bits per heavy atom. The van der Waals surface area contributed by atoms with Crippen LogP contribution in [0.5, 0.6) is 0 Å². The first-order valence-corrected chi connectivity index (χ1v) is 10.2. The van der Waals surface area contributed by atoms with Crippen LogP contribution in [-0.2, 0) is 5.41 Å². The summed E-state index contributed by atoms with van der Waals surface area (Å²) in [5, 5.41) is 12.5.